The monoisotopic (exact) mass is 128 g/mol. The first-order valence-electron chi connectivity index (χ1n) is 3.62. The van der Waals surface area contributed by atoms with E-state index in [9.17, 15) is 0 Å². The van der Waals surface area contributed by atoms with Crippen LogP contribution in [-0.2, 0) is 0 Å². The summed E-state index contributed by atoms with van der Waals surface area (Å²) in [6, 6.07) is 0.392. The number of hydrogen-bond donors (Lipinski definition) is 1. The molecule has 0 saturated carbocycles. The van der Waals surface area contributed by atoms with E-state index in [2.05, 4.69) is 18.9 Å². The summed E-state index contributed by atoms with van der Waals surface area (Å²) in [6.07, 6.45) is 1.20. The van der Waals surface area contributed by atoms with Crippen molar-refractivity contribution in [1.82, 2.24) is 4.90 Å². The number of nitrogens with two attached hydrogens (primary N) is 1. The average molecular weight is 128 g/mol. The van der Waals surface area contributed by atoms with Gasteiger partial charge in [0.2, 0.25) is 0 Å². The smallest absolute Gasteiger partial charge is 0.00195 e. The molecule has 0 aromatic rings. The summed E-state index contributed by atoms with van der Waals surface area (Å²) in [6.45, 7) is 4.58. The highest BCUT2D eigenvalue weighted by atomic mass is 15.2. The van der Waals surface area contributed by atoms with E-state index in [1.54, 1.807) is 0 Å². The van der Waals surface area contributed by atoms with E-state index < -0.39 is 0 Å². The lowest BCUT2D eigenvalue weighted by atomic mass is 9.94. The zero-order valence-corrected chi connectivity index (χ0v) is 6.30. The molecule has 1 rings (SSSR count). The minimum atomic E-state index is 0.392. The van der Waals surface area contributed by atoms with Gasteiger partial charge in [-0.25, -0.2) is 0 Å². The molecular formula is C7H16N2. The molecule has 2 nitrogen and oxygen atoms in total. The van der Waals surface area contributed by atoms with Gasteiger partial charge in [0.1, 0.15) is 0 Å². The van der Waals surface area contributed by atoms with E-state index in [0.717, 1.165) is 5.92 Å². The normalized spacial score (nSPS) is 25.7. The van der Waals surface area contributed by atoms with Crippen LogP contribution >= 0.6 is 0 Å². The molecule has 1 atom stereocenters. The Hall–Kier alpha value is -0.0800. The third-order valence-corrected chi connectivity index (χ3v) is 1.84. The lowest BCUT2D eigenvalue weighted by Crippen LogP contribution is -2.45. The van der Waals surface area contributed by atoms with Crippen molar-refractivity contribution in [2.45, 2.75) is 19.4 Å². The van der Waals surface area contributed by atoms with Crippen molar-refractivity contribution in [2.24, 2.45) is 11.7 Å². The zero-order valence-electron chi connectivity index (χ0n) is 6.30. The van der Waals surface area contributed by atoms with Gasteiger partial charge in [-0.1, -0.05) is 0 Å². The molecule has 2 heteroatoms. The summed E-state index contributed by atoms with van der Waals surface area (Å²) >= 11 is 0. The Kier molecular flexibility index (Phi) is 2.09. The maximum atomic E-state index is 5.63. The van der Waals surface area contributed by atoms with Crippen LogP contribution in [0, 0.1) is 5.92 Å². The first-order valence-corrected chi connectivity index (χ1v) is 3.62. The van der Waals surface area contributed by atoms with Crippen molar-refractivity contribution in [3.8, 4) is 0 Å². The highest BCUT2D eigenvalue weighted by Crippen LogP contribution is 2.17. The summed E-state index contributed by atoms with van der Waals surface area (Å²) in [5.74, 6) is 0.884. The average Bonchev–Trinajstić information content (AvgIpc) is 1.60. The van der Waals surface area contributed by atoms with Gasteiger partial charge in [0.05, 0.1) is 0 Å². The fraction of sp³-hybridized carbons (Fsp3) is 1.00. The third kappa shape index (κ3) is 1.95. The third-order valence-electron chi connectivity index (χ3n) is 1.84. The molecule has 0 bridgehead atoms. The Labute approximate surface area is 57.0 Å². The molecule has 1 fully saturated rings. The van der Waals surface area contributed by atoms with Crippen LogP contribution in [0.2, 0.25) is 0 Å². The Morgan fingerprint density at radius 2 is 2.22 bits per heavy atom. The van der Waals surface area contributed by atoms with Gasteiger partial charge in [-0.2, -0.15) is 0 Å². The summed E-state index contributed by atoms with van der Waals surface area (Å²) < 4.78 is 0. The predicted octanol–water partition coefficient (Wildman–Crippen LogP) is 0.285. The molecule has 2 N–H and O–H groups in total. The van der Waals surface area contributed by atoms with Crippen LogP contribution in [0.15, 0.2) is 0 Å². The Balaban J connectivity index is 2.04. The maximum absolute atomic E-state index is 5.63. The lowest BCUT2D eigenvalue weighted by molar-refractivity contribution is 0.122. The van der Waals surface area contributed by atoms with Gasteiger partial charge >= 0.3 is 0 Å². The van der Waals surface area contributed by atoms with Gasteiger partial charge in [-0.15, -0.1) is 0 Å². The van der Waals surface area contributed by atoms with Gasteiger partial charge in [-0.3, -0.25) is 0 Å². The van der Waals surface area contributed by atoms with Crippen molar-refractivity contribution < 1.29 is 0 Å². The molecule has 0 aromatic heterocycles. The number of likely N-dealkylation sites (tertiary alicyclic amines) is 1. The molecule has 0 amide bonds. The molecule has 54 valence electrons. The second kappa shape index (κ2) is 2.67. The number of hydrogen-bond acceptors (Lipinski definition) is 2. The van der Waals surface area contributed by atoms with Crippen LogP contribution in [0.4, 0.5) is 0 Å². The van der Waals surface area contributed by atoms with Crippen LogP contribution in [0.5, 0.6) is 0 Å². The molecule has 1 heterocycles. The molecule has 0 aromatic carbocycles. The highest BCUT2D eigenvalue weighted by molar-refractivity contribution is 4.78. The van der Waals surface area contributed by atoms with Crippen LogP contribution in [0.25, 0.3) is 0 Å². The van der Waals surface area contributed by atoms with Crippen LogP contribution in [-0.4, -0.2) is 31.1 Å². The SMILES string of the molecule is CC(N)CC1CN(C)C1. The molecule has 0 aliphatic carbocycles. The number of rotatable bonds is 2. The summed E-state index contributed by atoms with van der Waals surface area (Å²) in [4.78, 5) is 2.33. The Bertz CT molecular complexity index is 84.9. The molecule has 1 aliphatic rings. The minimum absolute atomic E-state index is 0.392. The molecule has 1 unspecified atom stereocenters. The lowest BCUT2D eigenvalue weighted by Gasteiger charge is -2.37. The number of nitrogens with zero attached hydrogens (tertiary/aromatic N) is 1. The largest absolute Gasteiger partial charge is 0.328 e. The summed E-state index contributed by atoms with van der Waals surface area (Å²) in [5.41, 5.74) is 5.63. The topological polar surface area (TPSA) is 29.3 Å². The molecule has 9 heavy (non-hydrogen) atoms. The summed E-state index contributed by atoms with van der Waals surface area (Å²) in [7, 11) is 2.15. The Morgan fingerprint density at radius 1 is 1.67 bits per heavy atom. The van der Waals surface area contributed by atoms with Gasteiger partial charge in [0, 0.05) is 19.1 Å². The quantitative estimate of drug-likeness (QED) is 0.579. The predicted molar refractivity (Wildman–Crippen MR) is 39.3 cm³/mol. The second-order valence-corrected chi connectivity index (χ2v) is 3.30. The fourth-order valence-electron chi connectivity index (χ4n) is 1.50. The zero-order chi connectivity index (χ0) is 6.85. The fourth-order valence-corrected chi connectivity index (χ4v) is 1.50. The van der Waals surface area contributed by atoms with Crippen molar-refractivity contribution in [3.05, 3.63) is 0 Å². The van der Waals surface area contributed by atoms with E-state index in [0.29, 0.717) is 6.04 Å². The van der Waals surface area contributed by atoms with Gasteiger partial charge in [-0.05, 0) is 26.3 Å². The van der Waals surface area contributed by atoms with E-state index in [1.165, 1.54) is 19.5 Å². The molecule has 1 aliphatic heterocycles. The van der Waals surface area contributed by atoms with Crippen LogP contribution in [0.3, 0.4) is 0 Å². The summed E-state index contributed by atoms with van der Waals surface area (Å²) in [5, 5.41) is 0. The highest BCUT2D eigenvalue weighted by Gasteiger charge is 2.23. The molecule has 1 saturated heterocycles. The van der Waals surface area contributed by atoms with E-state index in [-0.39, 0.29) is 0 Å². The van der Waals surface area contributed by atoms with Crippen molar-refractivity contribution >= 4 is 0 Å². The van der Waals surface area contributed by atoms with Crippen LogP contribution in [0.1, 0.15) is 13.3 Å². The minimum Gasteiger partial charge on any atom is -0.328 e. The first-order chi connectivity index (χ1) is 4.18. The molecule has 0 radical (unpaired) electrons. The standard InChI is InChI=1S/C7H16N2/c1-6(8)3-7-4-9(2)5-7/h6-7H,3-5,8H2,1-2H3. The Morgan fingerprint density at radius 3 is 2.56 bits per heavy atom. The molecule has 0 spiro atoms. The maximum Gasteiger partial charge on any atom is 0.00195 e. The molecular weight excluding hydrogens is 112 g/mol. The van der Waals surface area contributed by atoms with Crippen molar-refractivity contribution in [1.29, 1.82) is 0 Å². The first kappa shape index (κ1) is 7.03. The van der Waals surface area contributed by atoms with Crippen LogP contribution < -0.4 is 5.73 Å². The van der Waals surface area contributed by atoms with Gasteiger partial charge < -0.3 is 10.6 Å². The van der Waals surface area contributed by atoms with E-state index in [1.807, 2.05) is 0 Å². The van der Waals surface area contributed by atoms with Crippen molar-refractivity contribution in [2.75, 3.05) is 20.1 Å². The second-order valence-electron chi connectivity index (χ2n) is 3.30. The van der Waals surface area contributed by atoms with Gasteiger partial charge in [0.25, 0.3) is 0 Å². The van der Waals surface area contributed by atoms with Gasteiger partial charge in [0.15, 0.2) is 0 Å². The van der Waals surface area contributed by atoms with E-state index in [4.69, 9.17) is 5.73 Å². The van der Waals surface area contributed by atoms with Crippen molar-refractivity contribution in [3.63, 3.8) is 0 Å². The van der Waals surface area contributed by atoms with E-state index >= 15 is 0 Å².